The first-order valence-electron chi connectivity index (χ1n) is 5.68. The molecule has 0 aromatic carbocycles. The number of nitrogens with two attached hydrogens (primary N) is 1. The number of hydrogen-bond acceptors (Lipinski definition) is 3. The van der Waals surface area contributed by atoms with Crippen molar-refractivity contribution in [2.45, 2.75) is 38.1 Å². The Kier molecular flexibility index (Phi) is 4.21. The van der Waals surface area contributed by atoms with Gasteiger partial charge in [0.15, 0.2) is 0 Å². The normalized spacial score (nSPS) is 18.2. The van der Waals surface area contributed by atoms with Gasteiger partial charge in [0.25, 0.3) is 0 Å². The fraction of sp³-hybridized carbons (Fsp3) is 0.500. The summed E-state index contributed by atoms with van der Waals surface area (Å²) >= 11 is 3.46. The highest BCUT2D eigenvalue weighted by Gasteiger charge is 2.18. The topological polar surface area (TPSA) is 51.2 Å². The van der Waals surface area contributed by atoms with Crippen molar-refractivity contribution in [3.63, 3.8) is 0 Å². The largest absolute Gasteiger partial charge is 0.466 e. The van der Waals surface area contributed by atoms with Crippen LogP contribution < -0.4 is 11.3 Å². The number of furan rings is 1. The average molecular weight is 285 g/mol. The number of hydrogen-bond donors (Lipinski definition) is 2. The molecule has 0 amide bonds. The second kappa shape index (κ2) is 5.66. The van der Waals surface area contributed by atoms with Crippen molar-refractivity contribution in [3.8, 4) is 0 Å². The molecule has 0 radical (unpaired) electrons. The van der Waals surface area contributed by atoms with Crippen LogP contribution in [0.25, 0.3) is 0 Å². The summed E-state index contributed by atoms with van der Waals surface area (Å²) in [5.74, 6) is 6.48. The molecule has 1 heterocycles. The van der Waals surface area contributed by atoms with Crippen LogP contribution in [0.1, 0.15) is 43.9 Å². The van der Waals surface area contributed by atoms with E-state index < -0.39 is 0 Å². The predicted octanol–water partition coefficient (Wildman–Crippen LogP) is 3.44. The van der Waals surface area contributed by atoms with Gasteiger partial charge in [-0.3, -0.25) is 5.84 Å². The van der Waals surface area contributed by atoms with Crippen molar-refractivity contribution in [3.05, 3.63) is 34.2 Å². The van der Waals surface area contributed by atoms with Crippen molar-refractivity contribution in [1.82, 2.24) is 5.43 Å². The molecule has 1 aromatic rings. The number of rotatable bonds is 4. The van der Waals surface area contributed by atoms with E-state index in [-0.39, 0.29) is 6.04 Å². The van der Waals surface area contributed by atoms with Crippen LogP contribution in [0, 0.1) is 0 Å². The highest BCUT2D eigenvalue weighted by Crippen LogP contribution is 2.31. The quantitative estimate of drug-likeness (QED) is 0.506. The van der Waals surface area contributed by atoms with E-state index in [1.165, 1.54) is 31.3 Å². The standard InChI is InChI=1S/C12H17BrN2O/c13-10-6-7-16-12(10)11(15-14)8-9-4-2-1-3-5-9/h4,6-7,11,15H,1-3,5,8,14H2. The minimum atomic E-state index is 0.0636. The van der Waals surface area contributed by atoms with Gasteiger partial charge in [-0.25, -0.2) is 5.43 Å². The van der Waals surface area contributed by atoms with Gasteiger partial charge in [-0.1, -0.05) is 11.6 Å². The van der Waals surface area contributed by atoms with Crippen molar-refractivity contribution in [1.29, 1.82) is 0 Å². The summed E-state index contributed by atoms with van der Waals surface area (Å²) < 4.78 is 6.42. The van der Waals surface area contributed by atoms with E-state index >= 15 is 0 Å². The first kappa shape index (κ1) is 11.9. The van der Waals surface area contributed by atoms with Crippen LogP contribution >= 0.6 is 15.9 Å². The molecule has 1 aliphatic rings. The van der Waals surface area contributed by atoms with Crippen molar-refractivity contribution >= 4 is 15.9 Å². The number of halogens is 1. The third-order valence-electron chi connectivity index (χ3n) is 3.01. The Hall–Kier alpha value is -0.580. The minimum Gasteiger partial charge on any atom is -0.466 e. The Morgan fingerprint density at radius 2 is 2.38 bits per heavy atom. The molecular formula is C12H17BrN2O. The Morgan fingerprint density at radius 1 is 1.50 bits per heavy atom. The molecule has 0 saturated heterocycles. The summed E-state index contributed by atoms with van der Waals surface area (Å²) in [4.78, 5) is 0. The lowest BCUT2D eigenvalue weighted by molar-refractivity contribution is 0.408. The molecule has 3 N–H and O–H groups in total. The van der Waals surface area contributed by atoms with Crippen LogP contribution in [-0.4, -0.2) is 0 Å². The summed E-state index contributed by atoms with van der Waals surface area (Å²) in [5, 5.41) is 0. The first-order valence-corrected chi connectivity index (χ1v) is 6.47. The molecule has 1 atom stereocenters. The predicted molar refractivity (Wildman–Crippen MR) is 67.6 cm³/mol. The Balaban J connectivity index is 2.06. The zero-order valence-corrected chi connectivity index (χ0v) is 10.8. The molecule has 1 aliphatic carbocycles. The zero-order chi connectivity index (χ0) is 11.4. The molecule has 2 rings (SSSR count). The van der Waals surface area contributed by atoms with Crippen LogP contribution in [0.3, 0.4) is 0 Å². The molecule has 16 heavy (non-hydrogen) atoms. The van der Waals surface area contributed by atoms with Gasteiger partial charge in [-0.2, -0.15) is 0 Å². The van der Waals surface area contributed by atoms with Crippen molar-refractivity contribution in [2.75, 3.05) is 0 Å². The smallest absolute Gasteiger partial charge is 0.136 e. The van der Waals surface area contributed by atoms with Gasteiger partial charge < -0.3 is 4.42 Å². The van der Waals surface area contributed by atoms with Crippen LogP contribution in [0.15, 0.2) is 32.9 Å². The third kappa shape index (κ3) is 2.75. The molecule has 3 nitrogen and oxygen atoms in total. The SMILES string of the molecule is NNC(CC1=CCCCC1)c1occc1Br. The van der Waals surface area contributed by atoms with Crippen LogP contribution in [0.2, 0.25) is 0 Å². The molecule has 0 aliphatic heterocycles. The summed E-state index contributed by atoms with van der Waals surface area (Å²) in [6, 6.07) is 1.96. The van der Waals surface area contributed by atoms with E-state index in [1.807, 2.05) is 6.07 Å². The molecule has 1 unspecified atom stereocenters. The molecule has 4 heteroatoms. The Bertz CT molecular complexity index is 373. The molecule has 1 aromatic heterocycles. The summed E-state index contributed by atoms with van der Waals surface area (Å²) in [7, 11) is 0. The molecule has 88 valence electrons. The number of nitrogens with one attached hydrogen (secondary N) is 1. The Morgan fingerprint density at radius 3 is 2.94 bits per heavy atom. The monoisotopic (exact) mass is 284 g/mol. The molecule has 0 bridgehead atoms. The fourth-order valence-corrected chi connectivity index (χ4v) is 2.61. The third-order valence-corrected chi connectivity index (χ3v) is 3.67. The van der Waals surface area contributed by atoms with Crippen LogP contribution in [0.4, 0.5) is 0 Å². The molecule has 0 saturated carbocycles. The second-order valence-electron chi connectivity index (χ2n) is 4.16. The summed E-state index contributed by atoms with van der Waals surface area (Å²) in [6.07, 6.45) is 9.95. The number of hydrazine groups is 1. The lowest BCUT2D eigenvalue weighted by atomic mass is 9.94. The van der Waals surface area contributed by atoms with Gasteiger partial charge in [0.2, 0.25) is 0 Å². The summed E-state index contributed by atoms with van der Waals surface area (Å²) in [6.45, 7) is 0. The first-order chi connectivity index (χ1) is 7.81. The van der Waals surface area contributed by atoms with E-state index in [4.69, 9.17) is 10.3 Å². The lowest BCUT2D eigenvalue weighted by Crippen LogP contribution is -2.28. The number of allylic oxidation sites excluding steroid dienone is 1. The van der Waals surface area contributed by atoms with Gasteiger partial charge in [0.05, 0.1) is 16.8 Å². The average Bonchev–Trinajstić information content (AvgIpc) is 2.74. The van der Waals surface area contributed by atoms with Gasteiger partial charge in [-0.15, -0.1) is 0 Å². The van der Waals surface area contributed by atoms with E-state index in [2.05, 4.69) is 27.4 Å². The van der Waals surface area contributed by atoms with E-state index in [0.29, 0.717) is 0 Å². The highest BCUT2D eigenvalue weighted by atomic mass is 79.9. The van der Waals surface area contributed by atoms with E-state index in [1.54, 1.807) is 6.26 Å². The van der Waals surface area contributed by atoms with E-state index in [9.17, 15) is 0 Å². The highest BCUT2D eigenvalue weighted by molar-refractivity contribution is 9.10. The van der Waals surface area contributed by atoms with Gasteiger partial charge in [0, 0.05) is 0 Å². The zero-order valence-electron chi connectivity index (χ0n) is 9.21. The van der Waals surface area contributed by atoms with Crippen LogP contribution in [0.5, 0.6) is 0 Å². The maximum absolute atomic E-state index is 5.59. The van der Waals surface area contributed by atoms with Crippen molar-refractivity contribution < 1.29 is 4.42 Å². The van der Waals surface area contributed by atoms with Crippen LogP contribution in [-0.2, 0) is 0 Å². The van der Waals surface area contributed by atoms with E-state index in [0.717, 1.165) is 16.7 Å². The second-order valence-corrected chi connectivity index (χ2v) is 5.02. The van der Waals surface area contributed by atoms with Gasteiger partial charge >= 0.3 is 0 Å². The molecular weight excluding hydrogens is 268 g/mol. The van der Waals surface area contributed by atoms with Crippen molar-refractivity contribution in [2.24, 2.45) is 5.84 Å². The Labute approximate surface area is 104 Å². The molecule has 0 fully saturated rings. The minimum absolute atomic E-state index is 0.0636. The lowest BCUT2D eigenvalue weighted by Gasteiger charge is -2.18. The van der Waals surface area contributed by atoms with Gasteiger partial charge in [0.1, 0.15) is 5.76 Å². The maximum atomic E-state index is 5.59. The van der Waals surface area contributed by atoms with Gasteiger partial charge in [-0.05, 0) is 54.1 Å². The maximum Gasteiger partial charge on any atom is 0.136 e. The fourth-order valence-electron chi connectivity index (χ4n) is 2.13. The molecule has 0 spiro atoms. The summed E-state index contributed by atoms with van der Waals surface area (Å²) in [5.41, 5.74) is 4.31.